The van der Waals surface area contributed by atoms with Crippen molar-refractivity contribution in [3.05, 3.63) is 58.7 Å². The molecular weight excluding hydrogens is 921 g/mol. The van der Waals surface area contributed by atoms with Crippen molar-refractivity contribution in [1.29, 1.82) is 0 Å². The lowest BCUT2D eigenvalue weighted by atomic mass is 9.75. The summed E-state index contributed by atoms with van der Waals surface area (Å²) in [5.41, 5.74) is -0.429. The van der Waals surface area contributed by atoms with Crippen LogP contribution in [0.25, 0.3) is 11.1 Å². The van der Waals surface area contributed by atoms with Gasteiger partial charge in [-0.2, -0.15) is 0 Å². The summed E-state index contributed by atoms with van der Waals surface area (Å²) in [6, 6.07) is 9.09. The van der Waals surface area contributed by atoms with Gasteiger partial charge in [-0.15, -0.1) is 0 Å². The number of esters is 1. The molecule has 0 saturated heterocycles. The highest BCUT2D eigenvalue weighted by Gasteiger charge is 2.40. The lowest BCUT2D eigenvalue weighted by Crippen LogP contribution is -2.43. The number of hydrogen-bond acceptors (Lipinski definition) is 13. The molecule has 72 heavy (non-hydrogen) atoms. The Balaban J connectivity index is 2.28. The summed E-state index contributed by atoms with van der Waals surface area (Å²) < 4.78 is 6.39. The zero-order valence-corrected chi connectivity index (χ0v) is 45.3. The maximum absolute atomic E-state index is 15.4. The van der Waals surface area contributed by atoms with Crippen molar-refractivity contribution in [3.63, 3.8) is 0 Å². The van der Waals surface area contributed by atoms with Crippen LogP contribution in [0.1, 0.15) is 189 Å². The molecule has 0 aliphatic heterocycles. The fourth-order valence-corrected chi connectivity index (χ4v) is 10.4. The average molecular weight is 1010 g/mol. The van der Waals surface area contributed by atoms with Crippen molar-refractivity contribution in [2.24, 2.45) is 35.5 Å². The monoisotopic (exact) mass is 1010 g/mol. The summed E-state index contributed by atoms with van der Waals surface area (Å²) >= 11 is 0. The van der Waals surface area contributed by atoms with E-state index in [1.165, 1.54) is 75.6 Å². The molecule has 406 valence electrons. The molecule has 1 aliphatic carbocycles. The van der Waals surface area contributed by atoms with Crippen LogP contribution >= 0.6 is 0 Å². The number of amides is 2. The second-order valence-electron chi connectivity index (χ2n) is 21.9. The third-order valence-corrected chi connectivity index (χ3v) is 14.8. The number of rotatable bonds is 29. The van der Waals surface area contributed by atoms with Gasteiger partial charge in [0.05, 0.1) is 59.8 Å². The summed E-state index contributed by atoms with van der Waals surface area (Å²) in [5.74, 6) is -3.79. The molecule has 2 amide bonds. The first kappa shape index (κ1) is 62.2. The van der Waals surface area contributed by atoms with Gasteiger partial charge in [0.2, 0.25) is 0 Å². The third kappa shape index (κ3) is 18.1. The molecular formula is C57H90N2O13. The second kappa shape index (κ2) is 28.5. The number of hydrogen-bond donors (Lipinski definition) is 7. The van der Waals surface area contributed by atoms with E-state index in [1.807, 2.05) is 20.8 Å². The van der Waals surface area contributed by atoms with Gasteiger partial charge in [0.25, 0.3) is 11.8 Å². The predicted molar refractivity (Wildman–Crippen MR) is 278 cm³/mol. The Morgan fingerprint density at radius 3 is 1.33 bits per heavy atom. The summed E-state index contributed by atoms with van der Waals surface area (Å²) in [7, 11) is 0. The highest BCUT2D eigenvalue weighted by atomic mass is 16.6. The van der Waals surface area contributed by atoms with Crippen molar-refractivity contribution < 1.29 is 64.5 Å². The number of benzene rings is 2. The zero-order valence-electron chi connectivity index (χ0n) is 45.3. The van der Waals surface area contributed by atoms with E-state index in [0.717, 1.165) is 32.1 Å². The van der Waals surface area contributed by atoms with Crippen molar-refractivity contribution in [2.75, 3.05) is 26.2 Å². The molecule has 0 radical (unpaired) electrons. The molecule has 15 heteroatoms. The second-order valence-corrected chi connectivity index (χ2v) is 21.9. The maximum atomic E-state index is 15.4. The van der Waals surface area contributed by atoms with E-state index >= 15 is 4.79 Å². The molecule has 0 bridgehead atoms. The first-order valence-electron chi connectivity index (χ1n) is 26.6. The van der Waals surface area contributed by atoms with E-state index in [2.05, 4.69) is 13.8 Å². The van der Waals surface area contributed by atoms with Gasteiger partial charge < -0.3 is 50.3 Å². The van der Waals surface area contributed by atoms with Crippen LogP contribution in [0.3, 0.4) is 0 Å². The average Bonchev–Trinajstić information content (AvgIpc) is 3.30. The molecule has 0 heterocycles. The molecule has 0 aromatic heterocycles. The van der Waals surface area contributed by atoms with Crippen LogP contribution < -0.4 is 0 Å². The van der Waals surface area contributed by atoms with Crippen molar-refractivity contribution in [3.8, 4) is 11.1 Å². The number of ketones is 2. The number of carbonyl (C=O) groups excluding carboxylic acids is 5. The Labute approximate surface area is 429 Å². The Morgan fingerprint density at radius 2 is 0.931 bits per heavy atom. The molecule has 3 rings (SSSR count). The van der Waals surface area contributed by atoms with Crippen molar-refractivity contribution >= 4 is 29.4 Å². The maximum Gasteiger partial charge on any atom is 0.309 e. The SMILES string of the molecule is CCC(C)C1CCC(C(=O)OC(C)(CC)C(C)CC(CC(C)O)C(=O)c2cc(-c3ccc(C(=O)N(CC(C)O)CC(C)O)c(C(=O)N(CC(C)O)CC(C)O)c3)ccc2C(=O)C(CC(C)O)CC(C)O)CC1. The van der Waals surface area contributed by atoms with Crippen LogP contribution in [-0.2, 0) is 9.53 Å². The van der Waals surface area contributed by atoms with Crippen LogP contribution in [0.4, 0.5) is 0 Å². The molecule has 15 nitrogen and oxygen atoms in total. The third-order valence-electron chi connectivity index (χ3n) is 14.8. The number of aliphatic hydroxyl groups is 7. The number of carbonyl (C=O) groups is 5. The van der Waals surface area contributed by atoms with Gasteiger partial charge >= 0.3 is 5.97 Å². The normalized spacial score (nSPS) is 20.5. The van der Waals surface area contributed by atoms with E-state index in [9.17, 15) is 54.9 Å². The highest BCUT2D eigenvalue weighted by molar-refractivity contribution is 6.12. The van der Waals surface area contributed by atoms with Gasteiger partial charge in [0, 0.05) is 49.1 Å². The van der Waals surface area contributed by atoms with Crippen molar-refractivity contribution in [2.45, 2.75) is 196 Å². The molecule has 2 aromatic rings. The quantitative estimate of drug-likeness (QED) is 0.0314. The lowest BCUT2D eigenvalue weighted by Gasteiger charge is -2.38. The van der Waals surface area contributed by atoms with Crippen LogP contribution in [0, 0.1) is 35.5 Å². The minimum Gasteiger partial charge on any atom is -0.459 e. The van der Waals surface area contributed by atoms with Gasteiger partial charge in [-0.05, 0) is 160 Å². The van der Waals surface area contributed by atoms with Gasteiger partial charge in [-0.3, -0.25) is 24.0 Å². The Bertz CT molecular complexity index is 2040. The summed E-state index contributed by atoms with van der Waals surface area (Å²) in [5, 5.41) is 73.4. The van der Waals surface area contributed by atoms with Crippen LogP contribution in [0.2, 0.25) is 0 Å². The molecule has 11 unspecified atom stereocenters. The van der Waals surface area contributed by atoms with E-state index in [-0.39, 0.29) is 91.9 Å². The zero-order chi connectivity index (χ0) is 54.4. The summed E-state index contributed by atoms with van der Waals surface area (Å²) in [6.07, 6.45) is -1.60. The van der Waals surface area contributed by atoms with Gasteiger partial charge in [-0.1, -0.05) is 52.3 Å². The fraction of sp³-hybridized carbons (Fsp3) is 0.702. The minimum absolute atomic E-state index is 0.00251. The van der Waals surface area contributed by atoms with Crippen LogP contribution in [0.15, 0.2) is 36.4 Å². The topological polar surface area (TPSA) is 243 Å². The molecule has 1 fully saturated rings. The Kier molecular flexibility index (Phi) is 24.7. The molecule has 1 saturated carbocycles. The largest absolute Gasteiger partial charge is 0.459 e. The number of Topliss-reactive ketones (excluding diaryl/α,β-unsaturated/α-hetero) is 2. The minimum atomic E-state index is -1.01. The smallest absolute Gasteiger partial charge is 0.309 e. The van der Waals surface area contributed by atoms with E-state index in [0.29, 0.717) is 29.4 Å². The van der Waals surface area contributed by atoms with Gasteiger partial charge in [-0.25, -0.2) is 0 Å². The first-order chi connectivity index (χ1) is 33.6. The molecule has 1 aliphatic rings. The Morgan fingerprint density at radius 1 is 0.542 bits per heavy atom. The van der Waals surface area contributed by atoms with E-state index in [4.69, 9.17) is 4.74 Å². The van der Waals surface area contributed by atoms with E-state index in [1.54, 1.807) is 19.1 Å². The van der Waals surface area contributed by atoms with Crippen molar-refractivity contribution in [1.82, 2.24) is 9.80 Å². The highest BCUT2D eigenvalue weighted by Crippen LogP contribution is 2.40. The van der Waals surface area contributed by atoms with E-state index < -0.39 is 83.5 Å². The summed E-state index contributed by atoms with van der Waals surface area (Å²) in [4.78, 5) is 75.3. The first-order valence-corrected chi connectivity index (χ1v) is 26.6. The van der Waals surface area contributed by atoms with Crippen LogP contribution in [0.5, 0.6) is 0 Å². The molecule has 11 atom stereocenters. The van der Waals surface area contributed by atoms with Gasteiger partial charge in [0.15, 0.2) is 11.6 Å². The fourth-order valence-electron chi connectivity index (χ4n) is 10.4. The molecule has 0 spiro atoms. The predicted octanol–water partition coefficient (Wildman–Crippen LogP) is 7.26. The lowest BCUT2D eigenvalue weighted by molar-refractivity contribution is -0.171. The summed E-state index contributed by atoms with van der Waals surface area (Å²) in [6.45, 7) is 20.0. The molecule has 2 aromatic carbocycles. The standard InChI is InChI=1S/C57H90N2O13/c1-13-33(3)42-15-17-43(18-16-42)56(71)72-57(12,14-2)34(4)23-46(24-35(5)60)53(68)50-27-44(19-21-48(50)52(67)47(25-36(6)61)26-37(7)62)45-20-22-49(54(69)58(29-38(8)63)30-39(9)64)51(28-45)55(70)59(31-40(10)65)32-41(11)66/h19-22,27-28,33-43,46-47,60-66H,13-18,23-26,29-32H2,1-12H3. The number of ether oxygens (including phenoxy) is 1. The molecule has 7 N–H and O–H groups in total. The number of nitrogens with zero attached hydrogens (tertiary/aromatic N) is 2. The van der Waals surface area contributed by atoms with Gasteiger partial charge in [0.1, 0.15) is 5.60 Å². The van der Waals surface area contributed by atoms with Crippen LogP contribution in [-0.4, -0.2) is 149 Å². The Hall–Kier alpha value is -4.09. The number of aliphatic hydroxyl groups excluding tert-OH is 7.